The van der Waals surface area contributed by atoms with E-state index in [0.717, 1.165) is 5.56 Å². The average Bonchev–Trinajstić information content (AvgIpc) is 2.28. The molecule has 1 aromatic carbocycles. The number of nitrogens with one attached hydrogen (secondary N) is 2. The number of carbonyl (C=O) groups is 2. The van der Waals surface area contributed by atoms with Gasteiger partial charge < -0.3 is 5.11 Å². The van der Waals surface area contributed by atoms with Gasteiger partial charge in [-0.15, -0.1) is 0 Å². The summed E-state index contributed by atoms with van der Waals surface area (Å²) in [6.45, 7) is 3.84. The van der Waals surface area contributed by atoms with E-state index >= 15 is 0 Å². The summed E-state index contributed by atoms with van der Waals surface area (Å²) in [6, 6.07) is 7.20. The zero-order valence-electron chi connectivity index (χ0n) is 9.86. The van der Waals surface area contributed by atoms with Crippen LogP contribution in [0.5, 0.6) is 0 Å². The third-order valence-electron chi connectivity index (χ3n) is 2.28. The average molecular weight is 236 g/mol. The molecule has 0 aliphatic rings. The summed E-state index contributed by atoms with van der Waals surface area (Å²) in [5.41, 5.74) is 6.28. The van der Waals surface area contributed by atoms with E-state index in [1.807, 2.05) is 12.1 Å². The molecule has 0 radical (unpaired) electrons. The maximum Gasteiger partial charge on any atom is 0.319 e. The molecule has 5 heteroatoms. The van der Waals surface area contributed by atoms with Gasteiger partial charge in [-0.05, 0) is 23.6 Å². The van der Waals surface area contributed by atoms with Crippen LogP contribution in [0.2, 0.25) is 0 Å². The van der Waals surface area contributed by atoms with Crippen molar-refractivity contribution in [2.75, 3.05) is 6.54 Å². The van der Waals surface area contributed by atoms with Crippen LogP contribution in [-0.4, -0.2) is 23.5 Å². The molecule has 0 saturated carbocycles. The summed E-state index contributed by atoms with van der Waals surface area (Å²) >= 11 is 0. The number of benzene rings is 1. The molecule has 0 bridgehead atoms. The number of carboxylic acid groups (broad SMARTS) is 1. The van der Waals surface area contributed by atoms with E-state index in [1.54, 1.807) is 12.1 Å². The molecule has 1 amide bonds. The zero-order valence-corrected chi connectivity index (χ0v) is 9.86. The quantitative estimate of drug-likeness (QED) is 0.670. The topological polar surface area (TPSA) is 78.4 Å². The van der Waals surface area contributed by atoms with Crippen LogP contribution in [0.4, 0.5) is 0 Å². The maximum atomic E-state index is 11.5. The molecule has 1 rings (SSSR count). The van der Waals surface area contributed by atoms with Crippen molar-refractivity contribution in [3.8, 4) is 0 Å². The number of carboxylic acids is 1. The number of carbonyl (C=O) groups excluding carboxylic acids is 1. The molecule has 0 aliphatic carbocycles. The minimum atomic E-state index is -1.03. The molecule has 92 valence electrons. The van der Waals surface area contributed by atoms with Gasteiger partial charge in [0.1, 0.15) is 6.54 Å². The normalized spacial score (nSPS) is 10.3. The summed E-state index contributed by atoms with van der Waals surface area (Å²) in [7, 11) is 0. The van der Waals surface area contributed by atoms with Crippen molar-refractivity contribution in [2.24, 2.45) is 0 Å². The predicted molar refractivity (Wildman–Crippen MR) is 63.6 cm³/mol. The van der Waals surface area contributed by atoms with Crippen molar-refractivity contribution in [1.29, 1.82) is 0 Å². The van der Waals surface area contributed by atoms with Crippen molar-refractivity contribution in [1.82, 2.24) is 10.9 Å². The maximum absolute atomic E-state index is 11.5. The third-order valence-corrected chi connectivity index (χ3v) is 2.28. The molecule has 0 aromatic heterocycles. The standard InChI is InChI=1S/C12H16N2O3/c1-8(2)9-3-5-10(6-4-9)12(17)14-13-7-11(15)16/h3-6,8,13H,7H2,1-2H3,(H,14,17)(H,15,16). The molecule has 0 fully saturated rings. The minimum Gasteiger partial charge on any atom is -0.480 e. The molecule has 17 heavy (non-hydrogen) atoms. The Labute approximate surface area is 99.8 Å². The van der Waals surface area contributed by atoms with Crippen LogP contribution in [0.15, 0.2) is 24.3 Å². The summed E-state index contributed by atoms with van der Waals surface area (Å²) < 4.78 is 0. The highest BCUT2D eigenvalue weighted by Gasteiger charge is 2.06. The van der Waals surface area contributed by atoms with E-state index in [-0.39, 0.29) is 12.5 Å². The van der Waals surface area contributed by atoms with Crippen LogP contribution in [0.1, 0.15) is 35.7 Å². The van der Waals surface area contributed by atoms with Gasteiger partial charge >= 0.3 is 5.97 Å². The Bertz CT molecular complexity index is 399. The lowest BCUT2D eigenvalue weighted by Crippen LogP contribution is -2.40. The van der Waals surface area contributed by atoms with Crippen LogP contribution in [0, 0.1) is 0 Å². The lowest BCUT2D eigenvalue weighted by atomic mass is 10.0. The van der Waals surface area contributed by atoms with Gasteiger partial charge in [0, 0.05) is 5.56 Å². The lowest BCUT2D eigenvalue weighted by molar-refractivity contribution is -0.136. The van der Waals surface area contributed by atoms with Gasteiger partial charge in [-0.3, -0.25) is 15.0 Å². The number of aliphatic carboxylic acids is 1. The van der Waals surface area contributed by atoms with Gasteiger partial charge in [-0.25, -0.2) is 5.43 Å². The highest BCUT2D eigenvalue weighted by atomic mass is 16.4. The molecule has 0 atom stereocenters. The molecule has 5 nitrogen and oxygen atoms in total. The first-order valence-electron chi connectivity index (χ1n) is 5.35. The van der Waals surface area contributed by atoms with E-state index in [4.69, 9.17) is 5.11 Å². The smallest absolute Gasteiger partial charge is 0.319 e. The molecular formula is C12H16N2O3. The van der Waals surface area contributed by atoms with Gasteiger partial charge in [-0.1, -0.05) is 26.0 Å². The van der Waals surface area contributed by atoms with E-state index in [1.165, 1.54) is 0 Å². The van der Waals surface area contributed by atoms with Crippen molar-refractivity contribution in [3.63, 3.8) is 0 Å². The van der Waals surface area contributed by atoms with Crippen LogP contribution in [0.3, 0.4) is 0 Å². The third kappa shape index (κ3) is 4.24. The van der Waals surface area contributed by atoms with Crippen molar-refractivity contribution < 1.29 is 14.7 Å². The van der Waals surface area contributed by atoms with Crippen molar-refractivity contribution >= 4 is 11.9 Å². The number of amides is 1. The first-order valence-corrected chi connectivity index (χ1v) is 5.35. The molecule has 0 heterocycles. The number of hydrogen-bond acceptors (Lipinski definition) is 3. The Morgan fingerprint density at radius 3 is 2.29 bits per heavy atom. The van der Waals surface area contributed by atoms with Gasteiger partial charge in [0.2, 0.25) is 0 Å². The molecule has 1 aromatic rings. The fourth-order valence-corrected chi connectivity index (χ4v) is 1.29. The second-order valence-electron chi connectivity index (χ2n) is 3.98. The summed E-state index contributed by atoms with van der Waals surface area (Å²) in [5.74, 6) is -0.959. The first kappa shape index (κ1) is 13.2. The monoisotopic (exact) mass is 236 g/mol. The molecule has 0 saturated heterocycles. The van der Waals surface area contributed by atoms with Gasteiger partial charge in [0.25, 0.3) is 5.91 Å². The number of rotatable bonds is 5. The van der Waals surface area contributed by atoms with Gasteiger partial charge in [-0.2, -0.15) is 0 Å². The molecular weight excluding hydrogens is 220 g/mol. The largest absolute Gasteiger partial charge is 0.480 e. The molecule has 0 aliphatic heterocycles. The predicted octanol–water partition coefficient (Wildman–Crippen LogP) is 1.13. The Balaban J connectivity index is 2.54. The van der Waals surface area contributed by atoms with E-state index in [0.29, 0.717) is 11.5 Å². The van der Waals surface area contributed by atoms with Gasteiger partial charge in [0.15, 0.2) is 0 Å². The second kappa shape index (κ2) is 6.00. The Hall–Kier alpha value is -1.88. The van der Waals surface area contributed by atoms with Crippen LogP contribution >= 0.6 is 0 Å². The zero-order chi connectivity index (χ0) is 12.8. The first-order chi connectivity index (χ1) is 8.00. The SMILES string of the molecule is CC(C)c1ccc(C(=O)NNCC(=O)O)cc1. The summed E-state index contributed by atoms with van der Waals surface area (Å²) in [4.78, 5) is 21.8. The van der Waals surface area contributed by atoms with Crippen molar-refractivity contribution in [2.45, 2.75) is 19.8 Å². The summed E-state index contributed by atoms with van der Waals surface area (Å²) in [5, 5.41) is 8.38. The lowest BCUT2D eigenvalue weighted by Gasteiger charge is -2.07. The van der Waals surface area contributed by atoms with Gasteiger partial charge in [0.05, 0.1) is 0 Å². The number of hydrogen-bond donors (Lipinski definition) is 3. The van der Waals surface area contributed by atoms with Crippen LogP contribution in [-0.2, 0) is 4.79 Å². The molecule has 0 spiro atoms. The van der Waals surface area contributed by atoms with E-state index < -0.39 is 5.97 Å². The number of hydrazine groups is 1. The van der Waals surface area contributed by atoms with Crippen molar-refractivity contribution in [3.05, 3.63) is 35.4 Å². The Morgan fingerprint density at radius 2 is 1.82 bits per heavy atom. The second-order valence-corrected chi connectivity index (χ2v) is 3.98. The Kier molecular flexibility index (Phi) is 4.66. The fourth-order valence-electron chi connectivity index (χ4n) is 1.29. The summed E-state index contributed by atoms with van der Waals surface area (Å²) in [6.07, 6.45) is 0. The fraction of sp³-hybridized carbons (Fsp3) is 0.333. The van der Waals surface area contributed by atoms with E-state index in [2.05, 4.69) is 24.7 Å². The van der Waals surface area contributed by atoms with E-state index in [9.17, 15) is 9.59 Å². The highest BCUT2D eigenvalue weighted by molar-refractivity contribution is 5.94. The minimum absolute atomic E-state index is 0.310. The highest BCUT2D eigenvalue weighted by Crippen LogP contribution is 2.14. The van der Waals surface area contributed by atoms with Crippen LogP contribution in [0.25, 0.3) is 0 Å². The molecule has 0 unspecified atom stereocenters. The Morgan fingerprint density at radius 1 is 1.24 bits per heavy atom. The molecule has 3 N–H and O–H groups in total. The van der Waals surface area contributed by atoms with Crippen LogP contribution < -0.4 is 10.9 Å².